The molecule has 0 amide bonds. The number of ketones is 1. The quantitative estimate of drug-likeness (QED) is 0.568. The summed E-state index contributed by atoms with van der Waals surface area (Å²) in [5.74, 6) is 0.0988. The van der Waals surface area contributed by atoms with Gasteiger partial charge in [-0.3, -0.25) is 9.79 Å². The molecule has 0 atom stereocenters. The smallest absolute Gasteiger partial charge is 0.192 e. The van der Waals surface area contributed by atoms with Gasteiger partial charge in [-0.05, 0) is 46.8 Å². The highest BCUT2D eigenvalue weighted by Gasteiger charge is 2.37. The number of hydrogen-bond donors (Lipinski definition) is 0. The zero-order valence-corrected chi connectivity index (χ0v) is 14.3. The van der Waals surface area contributed by atoms with E-state index in [0.717, 1.165) is 9.29 Å². The number of rotatable bonds is 3. The molecule has 0 aliphatic carbocycles. The molecule has 0 aromatic carbocycles. The second kappa shape index (κ2) is 5.32. The van der Waals surface area contributed by atoms with Gasteiger partial charge in [0, 0.05) is 0 Å². The molecule has 0 aromatic rings. The van der Waals surface area contributed by atoms with Crippen molar-refractivity contribution < 1.29 is 9.22 Å². The standard InChI is InChI=1S/C12H20INO2Si/c1-12(2,3)17(4,5)16-8-9-6-10(13)11(15)7-14-9/h6H,7-8H2,1-5H3. The summed E-state index contributed by atoms with van der Waals surface area (Å²) >= 11 is 2.06. The molecule has 0 fully saturated rings. The molecule has 0 N–H and O–H groups in total. The number of hydrogen-bond acceptors (Lipinski definition) is 3. The Labute approximate surface area is 118 Å². The van der Waals surface area contributed by atoms with Crippen LogP contribution in [0.2, 0.25) is 18.1 Å². The summed E-state index contributed by atoms with van der Waals surface area (Å²) in [7, 11) is -1.73. The van der Waals surface area contributed by atoms with Crippen molar-refractivity contribution in [1.82, 2.24) is 0 Å². The highest BCUT2D eigenvalue weighted by molar-refractivity contribution is 14.1. The monoisotopic (exact) mass is 365 g/mol. The van der Waals surface area contributed by atoms with E-state index in [0.29, 0.717) is 6.61 Å². The lowest BCUT2D eigenvalue weighted by molar-refractivity contribution is -0.113. The normalized spacial score (nSPS) is 17.9. The van der Waals surface area contributed by atoms with E-state index in [9.17, 15) is 4.79 Å². The molecular weight excluding hydrogens is 345 g/mol. The predicted octanol–water partition coefficient (Wildman–Crippen LogP) is 3.35. The van der Waals surface area contributed by atoms with E-state index < -0.39 is 8.32 Å². The zero-order chi connectivity index (χ0) is 13.3. The molecule has 0 saturated heterocycles. The third-order valence-electron chi connectivity index (χ3n) is 3.37. The summed E-state index contributed by atoms with van der Waals surface area (Å²) < 4.78 is 6.82. The van der Waals surface area contributed by atoms with Crippen LogP contribution in [0.15, 0.2) is 14.6 Å². The minimum Gasteiger partial charge on any atom is -0.411 e. The summed E-state index contributed by atoms with van der Waals surface area (Å²) in [6.45, 7) is 11.9. The summed E-state index contributed by atoms with van der Waals surface area (Å²) in [4.78, 5) is 15.5. The largest absolute Gasteiger partial charge is 0.411 e. The topological polar surface area (TPSA) is 38.7 Å². The highest BCUT2D eigenvalue weighted by atomic mass is 127. The van der Waals surface area contributed by atoms with E-state index in [1.165, 1.54) is 0 Å². The molecule has 1 rings (SSSR count). The van der Waals surface area contributed by atoms with E-state index in [4.69, 9.17) is 4.43 Å². The average Bonchev–Trinajstić information content (AvgIpc) is 2.18. The molecule has 96 valence electrons. The Kier molecular flexibility index (Phi) is 4.71. The van der Waals surface area contributed by atoms with Crippen LogP contribution in [0.1, 0.15) is 20.8 Å². The van der Waals surface area contributed by atoms with Crippen molar-refractivity contribution in [2.24, 2.45) is 4.99 Å². The van der Waals surface area contributed by atoms with E-state index >= 15 is 0 Å². The van der Waals surface area contributed by atoms with Crippen LogP contribution in [-0.2, 0) is 9.22 Å². The molecule has 1 aliphatic rings. The van der Waals surface area contributed by atoms with Crippen LogP contribution in [-0.4, -0.2) is 33.0 Å². The van der Waals surface area contributed by atoms with Crippen LogP contribution in [0, 0.1) is 0 Å². The Morgan fingerprint density at radius 2 is 2.06 bits per heavy atom. The Hall–Kier alpha value is -0.0131. The van der Waals surface area contributed by atoms with Crippen LogP contribution in [0.4, 0.5) is 0 Å². The second-order valence-corrected chi connectivity index (χ2v) is 11.7. The van der Waals surface area contributed by atoms with Crippen LogP contribution in [0.3, 0.4) is 0 Å². The van der Waals surface area contributed by atoms with Crippen molar-refractivity contribution in [3.05, 3.63) is 9.66 Å². The van der Waals surface area contributed by atoms with Crippen LogP contribution in [0.5, 0.6) is 0 Å². The van der Waals surface area contributed by atoms with Crippen molar-refractivity contribution in [3.8, 4) is 0 Å². The number of aliphatic imine (C=N–C) groups is 1. The maximum atomic E-state index is 11.3. The fraction of sp³-hybridized carbons (Fsp3) is 0.667. The number of halogens is 1. The molecule has 1 heterocycles. The van der Waals surface area contributed by atoms with Gasteiger partial charge in [-0.2, -0.15) is 0 Å². The van der Waals surface area contributed by atoms with E-state index in [1.807, 2.05) is 6.08 Å². The molecule has 3 nitrogen and oxygen atoms in total. The maximum Gasteiger partial charge on any atom is 0.192 e. The summed E-state index contributed by atoms with van der Waals surface area (Å²) in [6, 6.07) is 0. The summed E-state index contributed by atoms with van der Waals surface area (Å²) in [5, 5.41) is 0.203. The first-order valence-electron chi connectivity index (χ1n) is 5.71. The minimum absolute atomic E-state index is 0.0988. The lowest BCUT2D eigenvalue weighted by atomic mass is 10.2. The minimum atomic E-state index is -1.73. The number of carbonyl (C=O) groups is 1. The van der Waals surface area contributed by atoms with Gasteiger partial charge in [0.15, 0.2) is 14.1 Å². The molecule has 1 aliphatic heterocycles. The SMILES string of the molecule is CC(C)(C)[Si](C)(C)OCC1=NCC(=O)C(I)=C1. The number of nitrogens with zero attached hydrogens (tertiary/aromatic N) is 1. The van der Waals surface area contributed by atoms with Crippen molar-refractivity contribution in [1.29, 1.82) is 0 Å². The van der Waals surface area contributed by atoms with E-state index in [1.54, 1.807) is 0 Å². The highest BCUT2D eigenvalue weighted by Crippen LogP contribution is 2.36. The molecule has 0 spiro atoms. The summed E-state index contributed by atoms with van der Waals surface area (Å²) in [5.41, 5.74) is 0.888. The third kappa shape index (κ3) is 3.99. The first-order valence-corrected chi connectivity index (χ1v) is 9.70. The van der Waals surface area contributed by atoms with Gasteiger partial charge in [0.25, 0.3) is 0 Å². The van der Waals surface area contributed by atoms with Crippen molar-refractivity contribution >= 4 is 42.4 Å². The Bertz CT molecular complexity index is 380. The average molecular weight is 365 g/mol. The van der Waals surface area contributed by atoms with E-state index in [2.05, 4.69) is 61.4 Å². The Morgan fingerprint density at radius 1 is 1.47 bits per heavy atom. The second-order valence-electron chi connectivity index (χ2n) is 5.77. The maximum absolute atomic E-state index is 11.3. The van der Waals surface area contributed by atoms with Crippen LogP contribution >= 0.6 is 22.6 Å². The van der Waals surface area contributed by atoms with E-state index in [-0.39, 0.29) is 17.4 Å². The number of Topliss-reactive ketones (excluding diaryl/α,β-unsaturated/α-hetero) is 1. The fourth-order valence-electron chi connectivity index (χ4n) is 1.08. The molecule has 0 bridgehead atoms. The van der Waals surface area contributed by atoms with Gasteiger partial charge in [-0.15, -0.1) is 0 Å². The first kappa shape index (κ1) is 15.0. The van der Waals surface area contributed by atoms with Gasteiger partial charge in [-0.1, -0.05) is 20.8 Å². The fourth-order valence-corrected chi connectivity index (χ4v) is 2.55. The van der Waals surface area contributed by atoms with Crippen molar-refractivity contribution in [2.45, 2.75) is 38.9 Å². The predicted molar refractivity (Wildman–Crippen MR) is 82.6 cm³/mol. The molecule has 17 heavy (non-hydrogen) atoms. The molecule has 0 aromatic heterocycles. The van der Waals surface area contributed by atoms with Gasteiger partial charge in [0.05, 0.1) is 15.9 Å². The molecule has 0 radical (unpaired) electrons. The Morgan fingerprint density at radius 3 is 2.53 bits per heavy atom. The van der Waals surface area contributed by atoms with Crippen molar-refractivity contribution in [2.75, 3.05) is 13.2 Å². The summed E-state index contributed by atoms with van der Waals surface area (Å²) in [6.07, 6.45) is 1.83. The van der Waals surface area contributed by atoms with Crippen molar-refractivity contribution in [3.63, 3.8) is 0 Å². The number of dihydropyridines is 1. The third-order valence-corrected chi connectivity index (χ3v) is 8.76. The van der Waals surface area contributed by atoms with Gasteiger partial charge >= 0.3 is 0 Å². The van der Waals surface area contributed by atoms with Gasteiger partial charge in [0.1, 0.15) is 6.54 Å². The Balaban J connectivity index is 2.62. The molecule has 0 saturated carbocycles. The lowest BCUT2D eigenvalue weighted by Gasteiger charge is -2.36. The van der Waals surface area contributed by atoms with Gasteiger partial charge in [0.2, 0.25) is 0 Å². The van der Waals surface area contributed by atoms with Crippen LogP contribution in [0.25, 0.3) is 0 Å². The molecule has 0 unspecified atom stereocenters. The number of carbonyl (C=O) groups excluding carboxylic acids is 1. The lowest BCUT2D eigenvalue weighted by Crippen LogP contribution is -2.42. The molecular formula is C12H20INO2Si. The van der Waals surface area contributed by atoms with Crippen LogP contribution < -0.4 is 0 Å². The first-order chi connectivity index (χ1) is 7.63. The molecule has 5 heteroatoms. The van der Waals surface area contributed by atoms with Gasteiger partial charge in [-0.25, -0.2) is 0 Å². The zero-order valence-electron chi connectivity index (χ0n) is 11.1. The van der Waals surface area contributed by atoms with Gasteiger partial charge < -0.3 is 4.43 Å².